The first kappa shape index (κ1) is 18.6. The van der Waals surface area contributed by atoms with Gasteiger partial charge >= 0.3 is 5.97 Å². The molecule has 1 aliphatic rings. The molecular formula is C21H22BrNO3. The van der Waals surface area contributed by atoms with Crippen LogP contribution in [0, 0.1) is 0 Å². The molecule has 136 valence electrons. The Morgan fingerprint density at radius 2 is 1.92 bits per heavy atom. The van der Waals surface area contributed by atoms with Gasteiger partial charge in [-0.15, -0.1) is 0 Å². The van der Waals surface area contributed by atoms with Gasteiger partial charge in [0.2, 0.25) is 0 Å². The molecule has 0 unspecified atom stereocenters. The molecule has 1 aliphatic carbocycles. The van der Waals surface area contributed by atoms with Crippen LogP contribution in [-0.2, 0) is 27.2 Å². The molecular weight excluding hydrogens is 394 g/mol. The minimum absolute atomic E-state index is 0.0138. The summed E-state index contributed by atoms with van der Waals surface area (Å²) >= 11 is 3.36. The summed E-state index contributed by atoms with van der Waals surface area (Å²) in [5, 5.41) is 3.03. The Bertz CT molecular complexity index is 788. The Hall–Kier alpha value is -2.14. The maximum Gasteiger partial charge on any atom is 0.311 e. The number of ether oxygens (including phenoxy) is 1. The molecule has 5 heteroatoms. The number of hydrogen-bond acceptors (Lipinski definition) is 3. The third-order valence-corrected chi connectivity index (χ3v) is 5.15. The van der Waals surface area contributed by atoms with E-state index in [0.717, 1.165) is 29.3 Å². The normalized spacial score (nSPS) is 17.1. The molecule has 0 heterocycles. The minimum atomic E-state index is -0.813. The molecule has 0 saturated carbocycles. The van der Waals surface area contributed by atoms with Gasteiger partial charge in [0.15, 0.2) is 6.10 Å². The molecule has 3 rings (SSSR count). The summed E-state index contributed by atoms with van der Waals surface area (Å²) in [7, 11) is 0. The Balaban J connectivity index is 1.55. The Morgan fingerprint density at radius 1 is 1.19 bits per heavy atom. The number of hydrogen-bond donors (Lipinski definition) is 1. The van der Waals surface area contributed by atoms with Crippen molar-refractivity contribution in [1.29, 1.82) is 0 Å². The number of carbonyl (C=O) groups excluding carboxylic acids is 2. The van der Waals surface area contributed by atoms with Crippen molar-refractivity contribution in [2.24, 2.45) is 0 Å². The smallest absolute Gasteiger partial charge is 0.311 e. The lowest BCUT2D eigenvalue weighted by Gasteiger charge is -2.27. The van der Waals surface area contributed by atoms with Gasteiger partial charge in [0.05, 0.1) is 12.5 Å². The zero-order valence-electron chi connectivity index (χ0n) is 14.7. The summed E-state index contributed by atoms with van der Waals surface area (Å²) in [4.78, 5) is 24.5. The van der Waals surface area contributed by atoms with E-state index in [4.69, 9.17) is 4.74 Å². The highest BCUT2D eigenvalue weighted by Gasteiger charge is 2.25. The first-order valence-electron chi connectivity index (χ1n) is 8.85. The van der Waals surface area contributed by atoms with Crippen LogP contribution < -0.4 is 5.32 Å². The van der Waals surface area contributed by atoms with Crippen molar-refractivity contribution in [2.75, 3.05) is 0 Å². The van der Waals surface area contributed by atoms with E-state index in [1.165, 1.54) is 11.1 Å². The van der Waals surface area contributed by atoms with E-state index in [1.807, 2.05) is 36.4 Å². The largest absolute Gasteiger partial charge is 0.452 e. The van der Waals surface area contributed by atoms with Crippen molar-refractivity contribution in [1.82, 2.24) is 5.32 Å². The number of carbonyl (C=O) groups is 2. The molecule has 4 nitrogen and oxygen atoms in total. The van der Waals surface area contributed by atoms with E-state index in [1.54, 1.807) is 6.92 Å². The second-order valence-corrected chi connectivity index (χ2v) is 7.50. The number of aryl methyl sites for hydroxylation is 1. The van der Waals surface area contributed by atoms with E-state index in [-0.39, 0.29) is 18.4 Å². The van der Waals surface area contributed by atoms with Crippen molar-refractivity contribution in [2.45, 2.75) is 44.8 Å². The number of benzene rings is 2. The molecule has 1 N–H and O–H groups in total. The van der Waals surface area contributed by atoms with E-state index in [9.17, 15) is 9.59 Å². The third-order valence-electron chi connectivity index (χ3n) is 4.63. The minimum Gasteiger partial charge on any atom is -0.452 e. The zero-order valence-corrected chi connectivity index (χ0v) is 16.3. The fourth-order valence-corrected chi connectivity index (χ4v) is 3.52. The van der Waals surface area contributed by atoms with Crippen LogP contribution in [0.3, 0.4) is 0 Å². The van der Waals surface area contributed by atoms with Crippen LogP contribution in [0.1, 0.15) is 42.5 Å². The standard InChI is InChI=1S/C21H22BrNO3/c1-14(26-20(24)13-15-9-11-17(22)12-10-15)21(25)23-19-8-4-6-16-5-2-3-7-18(16)19/h2-3,5,7,9-12,14,19H,4,6,8,13H2,1H3,(H,23,25)/t14-,19+/m1/s1. The quantitative estimate of drug-likeness (QED) is 0.747. The monoisotopic (exact) mass is 415 g/mol. The molecule has 1 amide bonds. The highest BCUT2D eigenvalue weighted by atomic mass is 79.9. The van der Waals surface area contributed by atoms with Crippen molar-refractivity contribution in [3.8, 4) is 0 Å². The molecule has 0 radical (unpaired) electrons. The number of nitrogens with one attached hydrogen (secondary N) is 1. The van der Waals surface area contributed by atoms with Gasteiger partial charge in [-0.05, 0) is 55.0 Å². The van der Waals surface area contributed by atoms with Crippen LogP contribution in [0.25, 0.3) is 0 Å². The Kier molecular flexibility index (Phi) is 6.09. The molecule has 0 aromatic heterocycles. The second kappa shape index (κ2) is 8.49. The lowest BCUT2D eigenvalue weighted by molar-refractivity contribution is -0.154. The summed E-state index contributed by atoms with van der Waals surface area (Å²) in [6, 6.07) is 15.6. The van der Waals surface area contributed by atoms with Gasteiger partial charge in [0.1, 0.15) is 0 Å². The van der Waals surface area contributed by atoms with E-state index < -0.39 is 12.1 Å². The first-order valence-corrected chi connectivity index (χ1v) is 9.64. The highest BCUT2D eigenvalue weighted by molar-refractivity contribution is 9.10. The van der Waals surface area contributed by atoms with Crippen LogP contribution >= 0.6 is 15.9 Å². The molecule has 26 heavy (non-hydrogen) atoms. The molecule has 0 saturated heterocycles. The summed E-state index contributed by atoms with van der Waals surface area (Å²) in [5.74, 6) is -0.658. The van der Waals surface area contributed by atoms with Crippen LogP contribution in [0.5, 0.6) is 0 Å². The van der Waals surface area contributed by atoms with Gasteiger partial charge in [0, 0.05) is 4.47 Å². The first-order chi connectivity index (χ1) is 12.5. The number of fused-ring (bicyclic) bond motifs is 1. The van der Waals surface area contributed by atoms with Crippen molar-refractivity contribution in [3.05, 3.63) is 69.7 Å². The van der Waals surface area contributed by atoms with Gasteiger partial charge in [-0.25, -0.2) is 0 Å². The van der Waals surface area contributed by atoms with E-state index >= 15 is 0 Å². The van der Waals surface area contributed by atoms with Crippen molar-refractivity contribution < 1.29 is 14.3 Å². The van der Waals surface area contributed by atoms with Gasteiger partial charge in [0.25, 0.3) is 5.91 Å². The van der Waals surface area contributed by atoms with Gasteiger partial charge in [-0.2, -0.15) is 0 Å². The summed E-state index contributed by atoms with van der Waals surface area (Å²) in [6.07, 6.45) is 2.33. The van der Waals surface area contributed by atoms with Crippen molar-refractivity contribution >= 4 is 27.8 Å². The van der Waals surface area contributed by atoms with Crippen molar-refractivity contribution in [3.63, 3.8) is 0 Å². The molecule has 2 aromatic rings. The molecule has 0 fully saturated rings. The summed E-state index contributed by atoms with van der Waals surface area (Å²) in [6.45, 7) is 1.61. The Morgan fingerprint density at radius 3 is 2.69 bits per heavy atom. The third kappa shape index (κ3) is 4.73. The molecule has 0 aliphatic heterocycles. The van der Waals surface area contributed by atoms with E-state index in [2.05, 4.69) is 33.4 Å². The lowest BCUT2D eigenvalue weighted by Crippen LogP contribution is -2.39. The van der Waals surface area contributed by atoms with Gasteiger partial charge in [-0.1, -0.05) is 52.3 Å². The predicted molar refractivity (Wildman–Crippen MR) is 104 cm³/mol. The average Bonchev–Trinajstić information content (AvgIpc) is 2.64. The molecule has 2 aromatic carbocycles. The highest BCUT2D eigenvalue weighted by Crippen LogP contribution is 2.29. The second-order valence-electron chi connectivity index (χ2n) is 6.59. The molecule has 0 spiro atoms. The number of esters is 1. The predicted octanol–water partition coefficient (Wildman–Crippen LogP) is 4.12. The topological polar surface area (TPSA) is 55.4 Å². The number of rotatable bonds is 5. The van der Waals surface area contributed by atoms with E-state index in [0.29, 0.717) is 0 Å². The fourth-order valence-electron chi connectivity index (χ4n) is 3.25. The lowest BCUT2D eigenvalue weighted by atomic mass is 9.87. The fraction of sp³-hybridized carbons (Fsp3) is 0.333. The molecule has 2 atom stereocenters. The van der Waals surface area contributed by atoms with Crippen LogP contribution in [0.15, 0.2) is 53.0 Å². The average molecular weight is 416 g/mol. The van der Waals surface area contributed by atoms with Crippen LogP contribution in [0.4, 0.5) is 0 Å². The zero-order chi connectivity index (χ0) is 18.5. The maximum atomic E-state index is 12.5. The van der Waals surface area contributed by atoms with Crippen LogP contribution in [-0.4, -0.2) is 18.0 Å². The number of amides is 1. The van der Waals surface area contributed by atoms with Gasteiger partial charge < -0.3 is 10.1 Å². The number of halogens is 1. The summed E-state index contributed by atoms with van der Waals surface area (Å²) in [5.41, 5.74) is 3.30. The van der Waals surface area contributed by atoms with Gasteiger partial charge in [-0.3, -0.25) is 9.59 Å². The SMILES string of the molecule is C[C@@H](OC(=O)Cc1ccc(Br)cc1)C(=O)N[C@H]1CCCc2ccccc21. The Labute approximate surface area is 162 Å². The molecule has 0 bridgehead atoms. The van der Waals surface area contributed by atoms with Crippen LogP contribution in [0.2, 0.25) is 0 Å². The summed E-state index contributed by atoms with van der Waals surface area (Å²) < 4.78 is 6.27. The maximum absolute atomic E-state index is 12.5.